The normalized spacial score (nSPS) is 19.0. The maximum absolute atomic E-state index is 12.2. The molecule has 0 spiro atoms. The number of nitrogens with two attached hydrogens (primary N) is 1. The number of nitrogens with one attached hydrogen (secondary N) is 2. The number of esters is 1. The molecule has 4 N–H and O–H groups in total. The average Bonchev–Trinajstić information content (AvgIpc) is 3.24. The van der Waals surface area contributed by atoms with E-state index in [2.05, 4.69) is 39.5 Å². The van der Waals surface area contributed by atoms with Crippen LogP contribution in [0.15, 0.2) is 6.07 Å². The van der Waals surface area contributed by atoms with Crippen LogP contribution in [0.25, 0.3) is 0 Å². The monoisotopic (exact) mass is 517 g/mol. The molecule has 0 saturated carbocycles. The van der Waals surface area contributed by atoms with Gasteiger partial charge in [-0.3, -0.25) is 10.1 Å². The summed E-state index contributed by atoms with van der Waals surface area (Å²) < 4.78 is 5.14. The van der Waals surface area contributed by atoms with Gasteiger partial charge in [0, 0.05) is 44.8 Å². The number of aromatic nitrogens is 3. The van der Waals surface area contributed by atoms with Gasteiger partial charge in [0.05, 0.1) is 12.3 Å². The second-order valence-corrected chi connectivity index (χ2v) is 10.2. The molecule has 12 nitrogen and oxygen atoms in total. The van der Waals surface area contributed by atoms with Crippen LogP contribution in [0.5, 0.6) is 0 Å². The molecule has 0 bridgehead atoms. The van der Waals surface area contributed by atoms with Crippen LogP contribution in [-0.4, -0.2) is 97.2 Å². The number of carbonyl (C=O) groups excluding carboxylic acids is 2. The van der Waals surface area contributed by atoms with E-state index >= 15 is 0 Å². The zero-order valence-corrected chi connectivity index (χ0v) is 22.1. The SMILES string of the molecule is CCOC(=O)c1sc(Nc2nc(N3CCC(N(C)C)CC3)cc(N3CCNC(C(N)=O)C3)n2)nc1C. The zero-order valence-electron chi connectivity index (χ0n) is 21.3. The highest BCUT2D eigenvalue weighted by atomic mass is 32.1. The smallest absolute Gasteiger partial charge is 0.350 e. The van der Waals surface area contributed by atoms with Gasteiger partial charge in [0.2, 0.25) is 11.9 Å². The number of primary amides is 1. The standard InChI is InChI=1S/C23H35N9O3S/c1-5-35-21(34)19-14(2)26-23(36-19)29-22-27-17(31-9-6-15(7-10-31)30(3)4)12-18(28-22)32-11-8-25-16(13-32)20(24)33/h12,15-16,25H,5-11,13H2,1-4H3,(H2,24,33)(H,26,27,28,29). The van der Waals surface area contributed by atoms with E-state index in [0.717, 1.165) is 31.7 Å². The van der Waals surface area contributed by atoms with Crippen molar-refractivity contribution in [1.82, 2.24) is 25.2 Å². The van der Waals surface area contributed by atoms with Crippen molar-refractivity contribution in [2.24, 2.45) is 5.73 Å². The van der Waals surface area contributed by atoms with Crippen molar-refractivity contribution in [3.8, 4) is 0 Å². The van der Waals surface area contributed by atoms with Crippen LogP contribution < -0.4 is 26.2 Å². The highest BCUT2D eigenvalue weighted by Gasteiger charge is 2.27. The third-order valence-electron chi connectivity index (χ3n) is 6.54. The molecular formula is C23H35N9O3S. The Morgan fingerprint density at radius 1 is 1.19 bits per heavy atom. The van der Waals surface area contributed by atoms with E-state index < -0.39 is 12.0 Å². The number of hydrogen-bond acceptors (Lipinski definition) is 12. The molecule has 0 aromatic carbocycles. The summed E-state index contributed by atoms with van der Waals surface area (Å²) in [6.07, 6.45) is 2.09. The Kier molecular flexibility index (Phi) is 8.21. The Labute approximate surface area is 215 Å². The van der Waals surface area contributed by atoms with Crippen LogP contribution in [-0.2, 0) is 9.53 Å². The van der Waals surface area contributed by atoms with Gasteiger partial charge in [-0.15, -0.1) is 0 Å². The summed E-state index contributed by atoms with van der Waals surface area (Å²) in [6, 6.07) is 2.07. The fourth-order valence-electron chi connectivity index (χ4n) is 4.49. The number of anilines is 4. The fourth-order valence-corrected chi connectivity index (χ4v) is 5.35. The first kappa shape index (κ1) is 26.0. The summed E-state index contributed by atoms with van der Waals surface area (Å²) in [4.78, 5) is 45.1. The van der Waals surface area contributed by atoms with Crippen LogP contribution in [0.2, 0.25) is 0 Å². The maximum atomic E-state index is 12.2. The van der Waals surface area contributed by atoms with E-state index in [1.165, 1.54) is 11.3 Å². The molecule has 36 heavy (non-hydrogen) atoms. The van der Waals surface area contributed by atoms with E-state index in [1.807, 2.05) is 11.0 Å². The first-order valence-corrected chi connectivity index (χ1v) is 13.1. The van der Waals surface area contributed by atoms with Crippen molar-refractivity contribution < 1.29 is 14.3 Å². The summed E-state index contributed by atoms with van der Waals surface area (Å²) in [5, 5.41) is 6.86. The average molecular weight is 518 g/mol. The van der Waals surface area contributed by atoms with Crippen molar-refractivity contribution in [3.63, 3.8) is 0 Å². The minimum atomic E-state index is -0.446. The van der Waals surface area contributed by atoms with Gasteiger partial charge in [0.1, 0.15) is 22.6 Å². The van der Waals surface area contributed by atoms with E-state index in [9.17, 15) is 9.59 Å². The van der Waals surface area contributed by atoms with Gasteiger partial charge in [0.15, 0.2) is 5.13 Å². The van der Waals surface area contributed by atoms with Crippen LogP contribution in [0.1, 0.15) is 35.1 Å². The van der Waals surface area contributed by atoms with Gasteiger partial charge >= 0.3 is 5.97 Å². The molecule has 2 fully saturated rings. The molecule has 2 aromatic rings. The Balaban J connectivity index is 1.61. The fraction of sp³-hybridized carbons (Fsp3) is 0.609. The van der Waals surface area contributed by atoms with Crippen LogP contribution in [0, 0.1) is 6.92 Å². The minimum Gasteiger partial charge on any atom is -0.462 e. The highest BCUT2D eigenvalue weighted by molar-refractivity contribution is 7.17. The van der Waals surface area contributed by atoms with Crippen molar-refractivity contribution in [3.05, 3.63) is 16.6 Å². The molecule has 196 valence electrons. The topological polar surface area (TPSA) is 142 Å². The van der Waals surface area contributed by atoms with Crippen molar-refractivity contribution in [1.29, 1.82) is 0 Å². The predicted molar refractivity (Wildman–Crippen MR) is 140 cm³/mol. The van der Waals surface area contributed by atoms with Gasteiger partial charge < -0.3 is 30.5 Å². The van der Waals surface area contributed by atoms with Crippen LogP contribution in [0.4, 0.5) is 22.7 Å². The molecule has 1 unspecified atom stereocenters. The lowest BCUT2D eigenvalue weighted by atomic mass is 10.0. The van der Waals surface area contributed by atoms with Gasteiger partial charge in [-0.05, 0) is 40.8 Å². The van der Waals surface area contributed by atoms with Crippen molar-refractivity contribution in [2.75, 3.05) is 68.5 Å². The number of piperazine rings is 1. The number of aryl methyl sites for hydroxylation is 1. The summed E-state index contributed by atoms with van der Waals surface area (Å²) in [7, 11) is 4.23. The van der Waals surface area contributed by atoms with Crippen molar-refractivity contribution >= 4 is 45.9 Å². The number of hydrogen-bond donors (Lipinski definition) is 3. The molecule has 2 aliphatic rings. The number of nitrogens with zero attached hydrogens (tertiary/aromatic N) is 6. The molecule has 1 amide bonds. The van der Waals surface area contributed by atoms with Gasteiger partial charge in [-0.2, -0.15) is 9.97 Å². The molecule has 4 heterocycles. The molecular weight excluding hydrogens is 482 g/mol. The summed E-state index contributed by atoms with van der Waals surface area (Å²) in [5.74, 6) is 1.13. The Morgan fingerprint density at radius 2 is 1.89 bits per heavy atom. The van der Waals surface area contributed by atoms with Gasteiger partial charge in [-0.1, -0.05) is 11.3 Å². The number of piperidine rings is 1. The van der Waals surface area contributed by atoms with Gasteiger partial charge in [-0.25, -0.2) is 9.78 Å². The van der Waals surface area contributed by atoms with E-state index in [1.54, 1.807) is 13.8 Å². The Morgan fingerprint density at radius 3 is 2.53 bits per heavy atom. The lowest BCUT2D eigenvalue weighted by Crippen LogP contribution is -2.56. The third-order valence-corrected chi connectivity index (χ3v) is 7.59. The third kappa shape index (κ3) is 6.02. The molecule has 0 radical (unpaired) electrons. The molecule has 2 saturated heterocycles. The predicted octanol–water partition coefficient (Wildman–Crippen LogP) is 0.956. The lowest BCUT2D eigenvalue weighted by molar-refractivity contribution is -0.120. The summed E-state index contributed by atoms with van der Waals surface area (Å²) in [6.45, 7) is 7.35. The Bertz CT molecular complexity index is 1080. The lowest BCUT2D eigenvalue weighted by Gasteiger charge is -2.37. The summed E-state index contributed by atoms with van der Waals surface area (Å²) >= 11 is 1.21. The second kappa shape index (κ2) is 11.4. The molecule has 1 atom stereocenters. The largest absolute Gasteiger partial charge is 0.462 e. The molecule has 4 rings (SSSR count). The molecule has 0 aliphatic carbocycles. The number of carbonyl (C=O) groups is 2. The van der Waals surface area contributed by atoms with E-state index in [-0.39, 0.29) is 5.91 Å². The number of rotatable bonds is 8. The van der Waals surface area contributed by atoms with Gasteiger partial charge in [0.25, 0.3) is 0 Å². The van der Waals surface area contributed by atoms with E-state index in [4.69, 9.17) is 20.4 Å². The first-order valence-electron chi connectivity index (χ1n) is 12.2. The maximum Gasteiger partial charge on any atom is 0.350 e. The van der Waals surface area contributed by atoms with Crippen LogP contribution in [0.3, 0.4) is 0 Å². The first-order chi connectivity index (χ1) is 17.2. The molecule has 2 aliphatic heterocycles. The Hall–Kier alpha value is -3.03. The quantitative estimate of drug-likeness (QED) is 0.431. The van der Waals surface area contributed by atoms with Crippen LogP contribution >= 0.6 is 11.3 Å². The molecule has 2 aromatic heterocycles. The zero-order chi connectivity index (χ0) is 25.8. The van der Waals surface area contributed by atoms with E-state index in [0.29, 0.717) is 59.8 Å². The number of ether oxygens (including phenoxy) is 1. The van der Waals surface area contributed by atoms with Crippen molar-refractivity contribution in [2.45, 2.75) is 38.8 Å². The second-order valence-electron chi connectivity index (χ2n) is 9.22. The number of amides is 1. The number of thiazole rings is 1. The molecule has 13 heteroatoms. The summed E-state index contributed by atoms with van der Waals surface area (Å²) in [5.41, 5.74) is 6.15. The minimum absolute atomic E-state index is 0.301. The highest BCUT2D eigenvalue weighted by Crippen LogP contribution is 2.29.